The van der Waals surface area contributed by atoms with E-state index in [-0.39, 0.29) is 24.1 Å². The largest absolute Gasteiger partial charge is 0.494 e. The minimum atomic E-state index is -0.279. The SMILES string of the molecule is Cl.O=C(NCCCOc1ccc2nc3[nH]c(=O)[nH]c3cc2c1)N1CCN(c2ncccn2)CC1. The lowest BCUT2D eigenvalue weighted by Crippen LogP contribution is -2.52. The van der Waals surface area contributed by atoms with Gasteiger partial charge in [-0.3, -0.25) is 4.98 Å². The summed E-state index contributed by atoms with van der Waals surface area (Å²) in [6.45, 7) is 3.68. The highest BCUT2D eigenvalue weighted by atomic mass is 35.5. The van der Waals surface area contributed by atoms with Gasteiger partial charge in [-0.05, 0) is 36.8 Å². The van der Waals surface area contributed by atoms with Gasteiger partial charge in [0.2, 0.25) is 5.95 Å². The van der Waals surface area contributed by atoms with E-state index in [1.165, 1.54) is 0 Å². The van der Waals surface area contributed by atoms with Crippen LogP contribution < -0.4 is 20.6 Å². The molecule has 1 fully saturated rings. The van der Waals surface area contributed by atoms with Crippen LogP contribution in [0.5, 0.6) is 5.75 Å². The lowest BCUT2D eigenvalue weighted by molar-refractivity contribution is 0.193. The van der Waals surface area contributed by atoms with Crippen LogP contribution in [0.1, 0.15) is 6.42 Å². The summed E-state index contributed by atoms with van der Waals surface area (Å²) in [6.07, 6.45) is 4.13. The maximum Gasteiger partial charge on any atom is 0.325 e. The van der Waals surface area contributed by atoms with E-state index in [0.717, 1.165) is 10.9 Å². The van der Waals surface area contributed by atoms with Gasteiger partial charge in [0.15, 0.2) is 5.65 Å². The van der Waals surface area contributed by atoms with E-state index >= 15 is 0 Å². The molecule has 4 heterocycles. The summed E-state index contributed by atoms with van der Waals surface area (Å²) in [5.41, 5.74) is 1.69. The Hall–Kier alpha value is -3.86. The van der Waals surface area contributed by atoms with Crippen LogP contribution >= 0.6 is 12.4 Å². The molecule has 178 valence electrons. The van der Waals surface area contributed by atoms with Crippen molar-refractivity contribution in [2.45, 2.75) is 6.42 Å². The van der Waals surface area contributed by atoms with Crippen LogP contribution in [0.25, 0.3) is 22.1 Å². The maximum atomic E-state index is 12.4. The van der Waals surface area contributed by atoms with Gasteiger partial charge in [-0.25, -0.2) is 24.5 Å². The third kappa shape index (κ3) is 5.20. The number of aromatic nitrogens is 5. The predicted molar refractivity (Wildman–Crippen MR) is 131 cm³/mol. The van der Waals surface area contributed by atoms with Crippen LogP contribution in [-0.2, 0) is 0 Å². The molecule has 3 N–H and O–H groups in total. The van der Waals surface area contributed by atoms with E-state index in [2.05, 4.69) is 35.1 Å². The Morgan fingerprint density at radius 2 is 1.88 bits per heavy atom. The van der Waals surface area contributed by atoms with Gasteiger partial charge in [0.1, 0.15) is 5.75 Å². The first-order valence-electron chi connectivity index (χ1n) is 10.9. The van der Waals surface area contributed by atoms with Gasteiger partial charge < -0.3 is 24.8 Å². The molecule has 1 aliphatic heterocycles. The Morgan fingerprint density at radius 1 is 1.09 bits per heavy atom. The average molecular weight is 485 g/mol. The quantitative estimate of drug-likeness (QED) is 0.356. The van der Waals surface area contributed by atoms with E-state index in [1.807, 2.05) is 29.2 Å². The molecule has 4 aromatic rings. The van der Waals surface area contributed by atoms with Gasteiger partial charge in [0.05, 0.1) is 17.6 Å². The van der Waals surface area contributed by atoms with Crippen molar-refractivity contribution in [3.05, 3.63) is 53.2 Å². The number of halogens is 1. The summed E-state index contributed by atoms with van der Waals surface area (Å²) >= 11 is 0. The zero-order valence-electron chi connectivity index (χ0n) is 18.4. The zero-order chi connectivity index (χ0) is 22.6. The first-order valence-corrected chi connectivity index (χ1v) is 10.9. The van der Waals surface area contributed by atoms with Crippen LogP contribution in [0.3, 0.4) is 0 Å². The molecule has 0 saturated carbocycles. The van der Waals surface area contributed by atoms with E-state index in [4.69, 9.17) is 4.74 Å². The van der Waals surface area contributed by atoms with Crippen molar-refractivity contribution in [1.82, 2.24) is 35.1 Å². The lowest BCUT2D eigenvalue weighted by atomic mass is 10.2. The number of piperazine rings is 1. The van der Waals surface area contributed by atoms with Crippen molar-refractivity contribution >= 4 is 46.5 Å². The number of hydrogen-bond acceptors (Lipinski definition) is 7. The second-order valence-corrected chi connectivity index (χ2v) is 7.78. The van der Waals surface area contributed by atoms with Gasteiger partial charge in [-0.2, -0.15) is 0 Å². The Balaban J connectivity index is 0.00000274. The number of hydrogen-bond donors (Lipinski definition) is 3. The first kappa shape index (κ1) is 23.3. The molecular weight excluding hydrogens is 460 g/mol. The molecule has 0 bridgehead atoms. The maximum absolute atomic E-state index is 12.4. The highest BCUT2D eigenvalue weighted by Gasteiger charge is 2.22. The van der Waals surface area contributed by atoms with Gasteiger partial charge in [-0.1, -0.05) is 0 Å². The molecule has 0 radical (unpaired) electrons. The van der Waals surface area contributed by atoms with E-state index < -0.39 is 0 Å². The van der Waals surface area contributed by atoms with Crippen LogP contribution in [0.15, 0.2) is 47.5 Å². The van der Waals surface area contributed by atoms with E-state index in [1.54, 1.807) is 18.5 Å². The van der Waals surface area contributed by atoms with Crippen LogP contribution in [0, 0.1) is 0 Å². The zero-order valence-corrected chi connectivity index (χ0v) is 19.2. The van der Waals surface area contributed by atoms with Gasteiger partial charge in [-0.15, -0.1) is 12.4 Å². The fraction of sp³-hybridized carbons (Fsp3) is 0.318. The van der Waals surface area contributed by atoms with Gasteiger partial charge >= 0.3 is 11.7 Å². The second-order valence-electron chi connectivity index (χ2n) is 7.78. The van der Waals surface area contributed by atoms with E-state index in [9.17, 15) is 9.59 Å². The van der Waals surface area contributed by atoms with Gasteiger partial charge in [0.25, 0.3) is 0 Å². The normalized spacial score (nSPS) is 13.6. The monoisotopic (exact) mass is 484 g/mol. The third-order valence-corrected chi connectivity index (χ3v) is 5.53. The number of carbonyl (C=O) groups is 1. The molecular formula is C22H25ClN8O3. The summed E-state index contributed by atoms with van der Waals surface area (Å²) < 4.78 is 5.83. The van der Waals surface area contributed by atoms with Crippen LogP contribution in [0.2, 0.25) is 0 Å². The molecule has 3 aromatic heterocycles. The third-order valence-electron chi connectivity index (χ3n) is 5.53. The van der Waals surface area contributed by atoms with Crippen LogP contribution in [0.4, 0.5) is 10.7 Å². The summed E-state index contributed by atoms with van der Waals surface area (Å²) in [7, 11) is 0. The number of H-pyrrole nitrogens is 2. The molecule has 12 heteroatoms. The van der Waals surface area contributed by atoms with Crippen LogP contribution in [-0.4, -0.2) is 75.2 Å². The molecule has 0 unspecified atom stereocenters. The molecule has 11 nitrogen and oxygen atoms in total. The standard InChI is InChI=1S/C22H24N8O3.ClH/c31-21-27-18-14-15-13-16(3-4-17(15)26-19(18)28-21)33-12-2-7-25-22(32)30-10-8-29(9-11-30)20-23-5-1-6-24-20;/h1,3-6,13-14H,2,7-12H2,(H,25,32)(H2,26,27,28,31);1H. The Labute approximate surface area is 201 Å². The van der Waals surface area contributed by atoms with Crippen molar-refractivity contribution in [2.75, 3.05) is 44.2 Å². The molecule has 0 aliphatic carbocycles. The van der Waals surface area contributed by atoms with Crippen molar-refractivity contribution in [3.63, 3.8) is 0 Å². The molecule has 0 spiro atoms. The van der Waals surface area contributed by atoms with Crippen molar-refractivity contribution in [1.29, 1.82) is 0 Å². The number of amides is 2. The number of aromatic amines is 2. The molecule has 34 heavy (non-hydrogen) atoms. The molecule has 5 rings (SSSR count). The highest BCUT2D eigenvalue weighted by molar-refractivity contribution is 5.90. The number of carbonyl (C=O) groups excluding carboxylic acids is 1. The van der Waals surface area contributed by atoms with Gasteiger partial charge in [0, 0.05) is 50.5 Å². The molecule has 2 amide bonds. The number of benzene rings is 1. The number of rotatable bonds is 6. The molecule has 1 aliphatic rings. The number of nitrogens with one attached hydrogen (secondary N) is 3. The number of ether oxygens (including phenoxy) is 1. The van der Waals surface area contributed by atoms with Crippen molar-refractivity contribution in [2.24, 2.45) is 0 Å². The van der Waals surface area contributed by atoms with E-state index in [0.29, 0.717) is 68.6 Å². The fourth-order valence-corrected chi connectivity index (χ4v) is 3.83. The average Bonchev–Trinajstić information content (AvgIpc) is 3.21. The topological polar surface area (TPSA) is 132 Å². The number of fused-ring (bicyclic) bond motifs is 2. The van der Waals surface area contributed by atoms with Crippen molar-refractivity contribution in [3.8, 4) is 5.75 Å². The minimum Gasteiger partial charge on any atom is -0.494 e. The highest BCUT2D eigenvalue weighted by Crippen LogP contribution is 2.22. The number of anilines is 1. The predicted octanol–water partition coefficient (Wildman–Crippen LogP) is 1.92. The summed E-state index contributed by atoms with van der Waals surface area (Å²) in [5.74, 6) is 1.41. The lowest BCUT2D eigenvalue weighted by Gasteiger charge is -2.34. The number of nitrogens with zero attached hydrogens (tertiary/aromatic N) is 5. The summed E-state index contributed by atoms with van der Waals surface area (Å²) in [6, 6.07) is 9.19. The second kappa shape index (κ2) is 10.4. The molecule has 0 atom stereocenters. The Morgan fingerprint density at radius 3 is 2.68 bits per heavy atom. The fourth-order valence-electron chi connectivity index (χ4n) is 3.83. The minimum absolute atomic E-state index is 0. The van der Waals surface area contributed by atoms with Crippen molar-refractivity contribution < 1.29 is 9.53 Å². The number of urea groups is 1. The number of imidazole rings is 1. The smallest absolute Gasteiger partial charge is 0.325 e. The Kier molecular flexibility index (Phi) is 7.12. The summed E-state index contributed by atoms with van der Waals surface area (Å²) in [5, 5.41) is 3.83. The molecule has 1 aromatic carbocycles. The Bertz CT molecular complexity index is 1320. The molecule has 1 saturated heterocycles. The first-order chi connectivity index (χ1) is 16.2. The summed E-state index contributed by atoms with van der Waals surface area (Å²) in [4.78, 5) is 46.1. The number of pyridine rings is 1.